The molecule has 0 aromatic heterocycles. The highest BCUT2D eigenvalue weighted by atomic mass is 19.1. The SMILES string of the molecule is NCCCc1ccc(NC(=O)c2cccc(F)c2)cc1. The summed E-state index contributed by atoms with van der Waals surface area (Å²) in [5.74, 6) is -0.742. The summed E-state index contributed by atoms with van der Waals surface area (Å²) in [5, 5.41) is 2.74. The molecule has 0 unspecified atom stereocenters. The van der Waals surface area contributed by atoms with Gasteiger partial charge < -0.3 is 11.1 Å². The van der Waals surface area contributed by atoms with Crippen LogP contribution in [0.3, 0.4) is 0 Å². The maximum atomic E-state index is 13.0. The van der Waals surface area contributed by atoms with Crippen molar-refractivity contribution >= 4 is 11.6 Å². The highest BCUT2D eigenvalue weighted by molar-refractivity contribution is 6.04. The molecule has 3 nitrogen and oxygen atoms in total. The first kappa shape index (κ1) is 14.2. The highest BCUT2D eigenvalue weighted by Crippen LogP contribution is 2.13. The molecule has 0 saturated heterocycles. The van der Waals surface area contributed by atoms with E-state index >= 15 is 0 Å². The first-order chi connectivity index (χ1) is 9.69. The quantitative estimate of drug-likeness (QED) is 0.879. The van der Waals surface area contributed by atoms with Crippen molar-refractivity contribution in [1.29, 1.82) is 0 Å². The summed E-state index contributed by atoms with van der Waals surface area (Å²) in [6.45, 7) is 0.665. The monoisotopic (exact) mass is 272 g/mol. The highest BCUT2D eigenvalue weighted by Gasteiger charge is 2.06. The van der Waals surface area contributed by atoms with Crippen molar-refractivity contribution in [2.24, 2.45) is 5.73 Å². The van der Waals surface area contributed by atoms with Gasteiger partial charge in [0, 0.05) is 11.3 Å². The zero-order valence-corrected chi connectivity index (χ0v) is 11.1. The molecule has 0 spiro atoms. The predicted molar refractivity (Wildman–Crippen MR) is 78.2 cm³/mol. The van der Waals surface area contributed by atoms with Gasteiger partial charge in [-0.3, -0.25) is 4.79 Å². The van der Waals surface area contributed by atoms with Crippen LogP contribution in [-0.4, -0.2) is 12.5 Å². The van der Waals surface area contributed by atoms with E-state index in [1.54, 1.807) is 6.07 Å². The molecule has 104 valence electrons. The van der Waals surface area contributed by atoms with Crippen LogP contribution in [0, 0.1) is 5.82 Å². The molecule has 0 radical (unpaired) electrons. The summed E-state index contributed by atoms with van der Waals surface area (Å²) in [6, 6.07) is 13.2. The van der Waals surface area contributed by atoms with Crippen LogP contribution in [0.1, 0.15) is 22.3 Å². The maximum absolute atomic E-state index is 13.0. The van der Waals surface area contributed by atoms with Crippen LogP contribution in [0.15, 0.2) is 48.5 Å². The second-order valence-corrected chi connectivity index (χ2v) is 4.55. The lowest BCUT2D eigenvalue weighted by molar-refractivity contribution is 0.102. The largest absolute Gasteiger partial charge is 0.330 e. The third kappa shape index (κ3) is 3.90. The molecule has 0 atom stereocenters. The number of nitrogens with one attached hydrogen (secondary N) is 1. The van der Waals surface area contributed by atoms with Gasteiger partial charge >= 0.3 is 0 Å². The van der Waals surface area contributed by atoms with Crippen LogP contribution >= 0.6 is 0 Å². The van der Waals surface area contributed by atoms with Crippen LogP contribution in [0.2, 0.25) is 0 Å². The van der Waals surface area contributed by atoms with Crippen LogP contribution in [-0.2, 0) is 6.42 Å². The molecule has 2 aromatic carbocycles. The van der Waals surface area contributed by atoms with Gasteiger partial charge in [-0.05, 0) is 55.3 Å². The second kappa shape index (κ2) is 6.82. The molecule has 0 aliphatic carbocycles. The Morgan fingerprint density at radius 2 is 1.90 bits per heavy atom. The van der Waals surface area contributed by atoms with Gasteiger partial charge in [-0.15, -0.1) is 0 Å². The van der Waals surface area contributed by atoms with Gasteiger partial charge in [-0.25, -0.2) is 4.39 Å². The Kier molecular flexibility index (Phi) is 4.85. The molecule has 3 N–H and O–H groups in total. The van der Waals surface area contributed by atoms with E-state index in [1.807, 2.05) is 24.3 Å². The lowest BCUT2D eigenvalue weighted by atomic mass is 10.1. The molecule has 2 rings (SSSR count). The number of carbonyl (C=O) groups excluding carboxylic acids is 1. The van der Waals surface area contributed by atoms with Gasteiger partial charge in [0.05, 0.1) is 0 Å². The smallest absolute Gasteiger partial charge is 0.255 e. The van der Waals surface area contributed by atoms with Gasteiger partial charge in [0.15, 0.2) is 0 Å². The molecule has 1 amide bonds. The third-order valence-electron chi connectivity index (χ3n) is 2.97. The summed E-state index contributed by atoms with van der Waals surface area (Å²) in [4.78, 5) is 11.9. The topological polar surface area (TPSA) is 55.1 Å². The Balaban J connectivity index is 2.01. The molecule has 20 heavy (non-hydrogen) atoms. The maximum Gasteiger partial charge on any atom is 0.255 e. The van der Waals surface area contributed by atoms with Crippen LogP contribution in [0.5, 0.6) is 0 Å². The molecule has 0 saturated carbocycles. The Bertz CT molecular complexity index is 581. The second-order valence-electron chi connectivity index (χ2n) is 4.55. The number of carbonyl (C=O) groups is 1. The molecule has 0 bridgehead atoms. The first-order valence-corrected chi connectivity index (χ1v) is 6.55. The van der Waals surface area contributed by atoms with Gasteiger partial charge in [0.25, 0.3) is 5.91 Å². The Labute approximate surface area is 117 Å². The van der Waals surface area contributed by atoms with E-state index in [4.69, 9.17) is 5.73 Å². The van der Waals surface area contributed by atoms with Crippen molar-refractivity contribution in [3.63, 3.8) is 0 Å². The molecule has 2 aromatic rings. The van der Waals surface area contributed by atoms with Crippen LogP contribution in [0.4, 0.5) is 10.1 Å². The van der Waals surface area contributed by atoms with Gasteiger partial charge in [0.1, 0.15) is 5.82 Å². The Morgan fingerprint density at radius 1 is 1.15 bits per heavy atom. The van der Waals surface area contributed by atoms with E-state index in [0.717, 1.165) is 12.8 Å². The van der Waals surface area contributed by atoms with Gasteiger partial charge in [-0.1, -0.05) is 18.2 Å². The third-order valence-corrected chi connectivity index (χ3v) is 2.97. The molecule has 0 heterocycles. The van der Waals surface area contributed by atoms with Crippen molar-refractivity contribution in [2.75, 3.05) is 11.9 Å². The molecular weight excluding hydrogens is 255 g/mol. The average molecular weight is 272 g/mol. The Morgan fingerprint density at radius 3 is 2.55 bits per heavy atom. The number of aryl methyl sites for hydroxylation is 1. The van der Waals surface area contributed by atoms with Crippen molar-refractivity contribution in [2.45, 2.75) is 12.8 Å². The van der Waals surface area contributed by atoms with E-state index in [9.17, 15) is 9.18 Å². The number of rotatable bonds is 5. The number of benzene rings is 2. The van der Waals surface area contributed by atoms with E-state index in [2.05, 4.69) is 5.32 Å². The van der Waals surface area contributed by atoms with E-state index in [1.165, 1.54) is 23.8 Å². The van der Waals surface area contributed by atoms with Crippen molar-refractivity contribution in [3.8, 4) is 0 Å². The lowest BCUT2D eigenvalue weighted by Gasteiger charge is -2.06. The number of amides is 1. The fourth-order valence-electron chi connectivity index (χ4n) is 1.89. The minimum Gasteiger partial charge on any atom is -0.330 e. The molecule has 4 heteroatoms. The summed E-state index contributed by atoms with van der Waals surface area (Å²) in [7, 11) is 0. The number of anilines is 1. The number of hydrogen-bond donors (Lipinski definition) is 2. The summed E-state index contributed by atoms with van der Waals surface area (Å²) < 4.78 is 13.0. The van der Waals surface area contributed by atoms with Crippen molar-refractivity contribution < 1.29 is 9.18 Å². The molecule has 0 aliphatic rings. The van der Waals surface area contributed by atoms with Crippen LogP contribution in [0.25, 0.3) is 0 Å². The van der Waals surface area contributed by atoms with Gasteiger partial charge in [-0.2, -0.15) is 0 Å². The fraction of sp³-hybridized carbons (Fsp3) is 0.188. The summed E-state index contributed by atoms with van der Waals surface area (Å²) in [5.41, 5.74) is 7.63. The average Bonchev–Trinajstić information content (AvgIpc) is 2.46. The standard InChI is InChI=1S/C16H17FN2O/c17-14-5-1-4-13(11-14)16(20)19-15-8-6-12(7-9-15)3-2-10-18/h1,4-9,11H,2-3,10,18H2,(H,19,20). The Hall–Kier alpha value is -2.20. The van der Waals surface area contributed by atoms with E-state index < -0.39 is 5.82 Å². The fourth-order valence-corrected chi connectivity index (χ4v) is 1.89. The minimum atomic E-state index is -0.421. The molecule has 0 aliphatic heterocycles. The first-order valence-electron chi connectivity index (χ1n) is 6.55. The van der Waals surface area contributed by atoms with E-state index in [0.29, 0.717) is 17.8 Å². The predicted octanol–water partition coefficient (Wildman–Crippen LogP) is 2.97. The molecule has 0 fully saturated rings. The molecular formula is C16H17FN2O. The summed E-state index contributed by atoms with van der Waals surface area (Å²) >= 11 is 0. The van der Waals surface area contributed by atoms with Gasteiger partial charge in [0.2, 0.25) is 0 Å². The number of nitrogens with two attached hydrogens (primary N) is 1. The van der Waals surface area contributed by atoms with Crippen molar-refractivity contribution in [3.05, 3.63) is 65.5 Å². The minimum absolute atomic E-state index is 0.303. The number of halogens is 1. The van der Waals surface area contributed by atoms with Crippen LogP contribution < -0.4 is 11.1 Å². The van der Waals surface area contributed by atoms with E-state index in [-0.39, 0.29) is 5.91 Å². The zero-order valence-electron chi connectivity index (χ0n) is 11.1. The van der Waals surface area contributed by atoms with Crippen molar-refractivity contribution in [1.82, 2.24) is 0 Å². The number of hydrogen-bond acceptors (Lipinski definition) is 2. The normalized spacial score (nSPS) is 10.3. The lowest BCUT2D eigenvalue weighted by Crippen LogP contribution is -2.12. The summed E-state index contributed by atoms with van der Waals surface area (Å²) in [6.07, 6.45) is 1.86. The zero-order chi connectivity index (χ0) is 14.4.